The van der Waals surface area contributed by atoms with Crippen LogP contribution in [0.4, 0.5) is 19.1 Å². The number of rotatable bonds is 5. The number of nitrogens with one attached hydrogen (secondary N) is 1. The van der Waals surface area contributed by atoms with Crippen LogP contribution in [0.25, 0.3) is 0 Å². The number of aromatic nitrogens is 2. The van der Waals surface area contributed by atoms with Crippen molar-refractivity contribution in [1.29, 1.82) is 0 Å². The normalized spacial score (nSPS) is 12.9. The third kappa shape index (κ3) is 4.34. The zero-order valence-corrected chi connectivity index (χ0v) is 10.9. The second kappa shape index (κ2) is 6.51. The molecule has 2 N–H and O–H groups in total. The summed E-state index contributed by atoms with van der Waals surface area (Å²) in [6.07, 6.45) is -6.08. The molecule has 9 heteroatoms. The molecule has 0 radical (unpaired) electrons. The summed E-state index contributed by atoms with van der Waals surface area (Å²) >= 11 is 0. The Bertz CT molecular complexity index is 480. The summed E-state index contributed by atoms with van der Waals surface area (Å²) in [5.74, 6) is -0.717. The van der Waals surface area contributed by atoms with Crippen molar-refractivity contribution in [3.8, 4) is 0 Å². The molecule has 112 valence electrons. The number of halogens is 3. The van der Waals surface area contributed by atoms with Crippen molar-refractivity contribution in [3.05, 3.63) is 17.5 Å². The van der Waals surface area contributed by atoms with Gasteiger partial charge in [-0.15, -0.1) is 0 Å². The molecule has 0 fully saturated rings. The van der Waals surface area contributed by atoms with Crippen LogP contribution < -0.4 is 5.32 Å². The van der Waals surface area contributed by atoms with Crippen LogP contribution in [0.5, 0.6) is 0 Å². The van der Waals surface area contributed by atoms with Gasteiger partial charge in [0.15, 0.2) is 6.10 Å². The van der Waals surface area contributed by atoms with E-state index < -0.39 is 24.8 Å². The SMILES string of the molecule is CCOC(=O)c1cnc(NCC(O)C(F)(F)F)nc1C. The monoisotopic (exact) mass is 293 g/mol. The lowest BCUT2D eigenvalue weighted by atomic mass is 10.2. The van der Waals surface area contributed by atoms with E-state index in [0.717, 1.165) is 6.20 Å². The van der Waals surface area contributed by atoms with Crippen molar-refractivity contribution in [2.45, 2.75) is 26.1 Å². The number of hydrogen-bond acceptors (Lipinski definition) is 6. The molecule has 1 heterocycles. The van der Waals surface area contributed by atoms with Gasteiger partial charge >= 0.3 is 12.1 Å². The van der Waals surface area contributed by atoms with E-state index in [9.17, 15) is 18.0 Å². The first kappa shape index (κ1) is 16.2. The van der Waals surface area contributed by atoms with Crippen molar-refractivity contribution in [2.24, 2.45) is 0 Å². The van der Waals surface area contributed by atoms with Crippen LogP contribution >= 0.6 is 0 Å². The highest BCUT2D eigenvalue weighted by atomic mass is 19.4. The molecule has 0 spiro atoms. The van der Waals surface area contributed by atoms with Gasteiger partial charge in [0, 0.05) is 6.20 Å². The minimum Gasteiger partial charge on any atom is -0.462 e. The molecule has 0 aliphatic carbocycles. The predicted molar refractivity (Wildman–Crippen MR) is 63.3 cm³/mol. The number of hydrogen-bond donors (Lipinski definition) is 2. The topological polar surface area (TPSA) is 84.3 Å². The molecule has 1 rings (SSSR count). The van der Waals surface area contributed by atoms with Crippen molar-refractivity contribution in [2.75, 3.05) is 18.5 Å². The quantitative estimate of drug-likeness (QED) is 0.796. The first-order valence-electron chi connectivity index (χ1n) is 5.75. The van der Waals surface area contributed by atoms with Gasteiger partial charge in [-0.2, -0.15) is 13.2 Å². The summed E-state index contributed by atoms with van der Waals surface area (Å²) in [5.41, 5.74) is 0.399. The zero-order valence-electron chi connectivity index (χ0n) is 10.9. The number of alkyl halides is 3. The first-order chi connectivity index (χ1) is 9.25. The maximum atomic E-state index is 12.1. The van der Waals surface area contributed by atoms with Gasteiger partial charge in [0.2, 0.25) is 5.95 Å². The summed E-state index contributed by atoms with van der Waals surface area (Å²) < 4.78 is 41.0. The van der Waals surface area contributed by atoms with E-state index in [1.54, 1.807) is 6.92 Å². The van der Waals surface area contributed by atoms with Gasteiger partial charge in [-0.3, -0.25) is 0 Å². The van der Waals surface area contributed by atoms with E-state index >= 15 is 0 Å². The molecule has 20 heavy (non-hydrogen) atoms. The fraction of sp³-hybridized carbons (Fsp3) is 0.545. The van der Waals surface area contributed by atoms with Crippen molar-refractivity contribution in [1.82, 2.24) is 9.97 Å². The van der Waals surface area contributed by atoms with E-state index in [2.05, 4.69) is 15.3 Å². The lowest BCUT2D eigenvalue weighted by Crippen LogP contribution is -2.35. The third-order valence-electron chi connectivity index (χ3n) is 2.31. The molecule has 0 saturated carbocycles. The summed E-state index contributed by atoms with van der Waals surface area (Å²) in [6.45, 7) is 2.56. The van der Waals surface area contributed by atoms with Crippen LogP contribution in [0, 0.1) is 6.92 Å². The number of ether oxygens (including phenoxy) is 1. The maximum Gasteiger partial charge on any atom is 0.416 e. The molecule has 1 aromatic rings. The number of nitrogens with zero attached hydrogens (tertiary/aromatic N) is 2. The Hall–Kier alpha value is -1.90. The largest absolute Gasteiger partial charge is 0.462 e. The van der Waals surface area contributed by atoms with Gasteiger partial charge in [-0.1, -0.05) is 0 Å². The van der Waals surface area contributed by atoms with Crippen LogP contribution in [0.3, 0.4) is 0 Å². The van der Waals surface area contributed by atoms with E-state index in [4.69, 9.17) is 9.84 Å². The Morgan fingerprint density at radius 1 is 1.55 bits per heavy atom. The maximum absolute atomic E-state index is 12.1. The standard InChI is InChI=1S/C11H14F3N3O3/c1-3-20-9(19)7-4-15-10(17-6(7)2)16-5-8(18)11(12,13)14/h4,8,18H,3,5H2,1-2H3,(H,15,16,17). The summed E-state index contributed by atoms with van der Waals surface area (Å²) in [4.78, 5) is 19.0. The molecule has 0 aliphatic heterocycles. The molecule has 0 aliphatic rings. The lowest BCUT2D eigenvalue weighted by molar-refractivity contribution is -0.198. The molecule has 1 unspecified atom stereocenters. The van der Waals surface area contributed by atoms with E-state index in [1.807, 2.05) is 0 Å². The van der Waals surface area contributed by atoms with E-state index in [-0.39, 0.29) is 23.8 Å². The molecular formula is C11H14F3N3O3. The minimum absolute atomic E-state index is 0.112. The Morgan fingerprint density at radius 2 is 2.20 bits per heavy atom. The highest BCUT2D eigenvalue weighted by Crippen LogP contribution is 2.20. The Labute approximate surface area is 113 Å². The number of aliphatic hydroxyl groups is 1. The third-order valence-corrected chi connectivity index (χ3v) is 2.31. The predicted octanol–water partition coefficient (Wildman–Crippen LogP) is 1.30. The number of carbonyl (C=O) groups is 1. The smallest absolute Gasteiger partial charge is 0.416 e. The lowest BCUT2D eigenvalue weighted by Gasteiger charge is -2.15. The number of aliphatic hydroxyl groups excluding tert-OH is 1. The average molecular weight is 293 g/mol. The molecule has 0 aromatic carbocycles. The van der Waals surface area contributed by atoms with Gasteiger partial charge in [0.1, 0.15) is 0 Å². The summed E-state index contributed by atoms with van der Waals surface area (Å²) in [6, 6.07) is 0. The van der Waals surface area contributed by atoms with Crippen molar-refractivity contribution < 1.29 is 27.8 Å². The van der Waals surface area contributed by atoms with Gasteiger partial charge in [0.25, 0.3) is 0 Å². The van der Waals surface area contributed by atoms with Crippen LogP contribution in [-0.2, 0) is 4.74 Å². The highest BCUT2D eigenvalue weighted by Gasteiger charge is 2.38. The molecule has 0 amide bonds. The second-order valence-electron chi connectivity index (χ2n) is 3.85. The zero-order chi connectivity index (χ0) is 15.3. The van der Waals surface area contributed by atoms with Crippen molar-refractivity contribution in [3.63, 3.8) is 0 Å². The van der Waals surface area contributed by atoms with Crippen LogP contribution in [0.2, 0.25) is 0 Å². The molecule has 0 saturated heterocycles. The fourth-order valence-electron chi connectivity index (χ4n) is 1.27. The summed E-state index contributed by atoms with van der Waals surface area (Å²) in [7, 11) is 0. The van der Waals surface area contributed by atoms with E-state index in [0.29, 0.717) is 0 Å². The minimum atomic E-state index is -4.72. The molecular weight excluding hydrogens is 279 g/mol. The number of aryl methyl sites for hydroxylation is 1. The van der Waals surface area contributed by atoms with E-state index in [1.165, 1.54) is 6.92 Å². The van der Waals surface area contributed by atoms with Gasteiger partial charge < -0.3 is 15.2 Å². The van der Waals surface area contributed by atoms with Crippen LogP contribution in [0.15, 0.2) is 6.20 Å². The fourth-order valence-corrected chi connectivity index (χ4v) is 1.27. The number of esters is 1. The van der Waals surface area contributed by atoms with Crippen LogP contribution in [0.1, 0.15) is 23.0 Å². The highest BCUT2D eigenvalue weighted by molar-refractivity contribution is 5.90. The Morgan fingerprint density at radius 3 is 2.70 bits per heavy atom. The number of anilines is 1. The van der Waals surface area contributed by atoms with Crippen molar-refractivity contribution >= 4 is 11.9 Å². The average Bonchev–Trinajstić information content (AvgIpc) is 2.35. The molecule has 1 atom stereocenters. The second-order valence-corrected chi connectivity index (χ2v) is 3.85. The molecule has 6 nitrogen and oxygen atoms in total. The summed E-state index contributed by atoms with van der Waals surface area (Å²) in [5, 5.41) is 11.1. The van der Waals surface area contributed by atoms with Gasteiger partial charge in [-0.25, -0.2) is 14.8 Å². The number of carbonyl (C=O) groups excluding carboxylic acids is 1. The first-order valence-corrected chi connectivity index (χ1v) is 5.75. The molecule has 0 bridgehead atoms. The molecule has 1 aromatic heterocycles. The Balaban J connectivity index is 2.71. The van der Waals surface area contributed by atoms with Crippen LogP contribution in [-0.4, -0.2) is 46.5 Å². The van der Waals surface area contributed by atoms with Gasteiger partial charge in [0.05, 0.1) is 24.4 Å². The van der Waals surface area contributed by atoms with Gasteiger partial charge in [-0.05, 0) is 13.8 Å². The Kier molecular flexibility index (Phi) is 5.26.